The smallest absolute Gasteiger partial charge is 0.278 e. The lowest BCUT2D eigenvalue weighted by molar-refractivity contribution is -0.116. The van der Waals surface area contributed by atoms with Crippen LogP contribution in [0.2, 0.25) is 0 Å². The summed E-state index contributed by atoms with van der Waals surface area (Å²) in [6.45, 7) is 1.03. The molecule has 0 unspecified atom stereocenters. The average molecular weight is 321 g/mol. The van der Waals surface area contributed by atoms with Crippen molar-refractivity contribution in [2.45, 2.75) is 6.92 Å². The SMILES string of the molecule is CC(=O)N(CCNS(=O)(=O)N(C)C)c1ccc(F)cc1F. The minimum atomic E-state index is -3.63. The zero-order valence-corrected chi connectivity index (χ0v) is 12.7. The maximum absolute atomic E-state index is 13.7. The number of hydrogen-bond donors (Lipinski definition) is 1. The van der Waals surface area contributed by atoms with Gasteiger partial charge in [0.05, 0.1) is 5.69 Å². The third-order valence-corrected chi connectivity index (χ3v) is 4.21. The Bertz CT molecular complexity index is 620. The predicted molar refractivity (Wildman–Crippen MR) is 75.0 cm³/mol. The van der Waals surface area contributed by atoms with Crippen LogP contribution in [-0.4, -0.2) is 45.8 Å². The van der Waals surface area contributed by atoms with E-state index in [9.17, 15) is 22.0 Å². The summed E-state index contributed by atoms with van der Waals surface area (Å²) < 4.78 is 52.8. The lowest BCUT2D eigenvalue weighted by Gasteiger charge is -2.22. The molecule has 118 valence electrons. The minimum absolute atomic E-state index is 0.0784. The Balaban J connectivity index is 2.83. The molecule has 0 atom stereocenters. The van der Waals surface area contributed by atoms with Gasteiger partial charge in [0.15, 0.2) is 0 Å². The average Bonchev–Trinajstić information content (AvgIpc) is 2.35. The number of nitrogens with one attached hydrogen (secondary N) is 1. The van der Waals surface area contributed by atoms with E-state index in [0.29, 0.717) is 6.07 Å². The van der Waals surface area contributed by atoms with Gasteiger partial charge in [-0.1, -0.05) is 0 Å². The number of hydrogen-bond acceptors (Lipinski definition) is 3. The Morgan fingerprint density at radius 1 is 1.29 bits per heavy atom. The Hall–Kier alpha value is -1.58. The van der Waals surface area contributed by atoms with Gasteiger partial charge in [-0.2, -0.15) is 12.7 Å². The van der Waals surface area contributed by atoms with E-state index in [-0.39, 0.29) is 18.8 Å². The zero-order chi connectivity index (χ0) is 16.2. The number of carbonyl (C=O) groups is 1. The third kappa shape index (κ3) is 4.73. The van der Waals surface area contributed by atoms with E-state index in [1.807, 2.05) is 0 Å². The molecule has 21 heavy (non-hydrogen) atoms. The molecule has 0 heterocycles. The zero-order valence-electron chi connectivity index (χ0n) is 11.9. The van der Waals surface area contributed by atoms with E-state index in [1.54, 1.807) is 0 Å². The number of nitrogens with zero attached hydrogens (tertiary/aromatic N) is 2. The van der Waals surface area contributed by atoms with Crippen LogP contribution in [0.3, 0.4) is 0 Å². The van der Waals surface area contributed by atoms with Crippen LogP contribution in [0.25, 0.3) is 0 Å². The van der Waals surface area contributed by atoms with Crippen LogP contribution in [0, 0.1) is 11.6 Å². The second kappa shape index (κ2) is 6.92. The quantitative estimate of drug-likeness (QED) is 0.839. The number of anilines is 1. The summed E-state index contributed by atoms with van der Waals surface area (Å²) in [6.07, 6.45) is 0. The van der Waals surface area contributed by atoms with Gasteiger partial charge in [-0.05, 0) is 12.1 Å². The van der Waals surface area contributed by atoms with E-state index in [4.69, 9.17) is 0 Å². The fourth-order valence-electron chi connectivity index (χ4n) is 1.56. The molecule has 0 aliphatic carbocycles. The van der Waals surface area contributed by atoms with Gasteiger partial charge in [0.1, 0.15) is 11.6 Å². The number of benzene rings is 1. The first kappa shape index (κ1) is 17.5. The fourth-order valence-corrected chi connectivity index (χ4v) is 2.17. The Morgan fingerprint density at radius 2 is 1.90 bits per heavy atom. The summed E-state index contributed by atoms with van der Waals surface area (Å²) >= 11 is 0. The van der Waals surface area contributed by atoms with Gasteiger partial charge >= 0.3 is 0 Å². The Kier molecular flexibility index (Phi) is 5.76. The minimum Gasteiger partial charge on any atom is -0.309 e. The van der Waals surface area contributed by atoms with Crippen molar-refractivity contribution in [2.75, 3.05) is 32.1 Å². The standard InChI is InChI=1S/C12H17F2N3O3S/c1-9(18)17(7-6-15-21(19,20)16(2)3)12-5-4-10(13)8-11(12)14/h4-5,8,15H,6-7H2,1-3H3. The van der Waals surface area contributed by atoms with Gasteiger partial charge in [0, 0.05) is 40.2 Å². The van der Waals surface area contributed by atoms with Crippen molar-refractivity contribution in [1.82, 2.24) is 9.03 Å². The highest BCUT2D eigenvalue weighted by molar-refractivity contribution is 7.87. The third-order valence-electron chi connectivity index (χ3n) is 2.68. The summed E-state index contributed by atoms with van der Waals surface area (Å²) in [6, 6.07) is 2.82. The first-order chi connectivity index (χ1) is 9.65. The predicted octanol–water partition coefficient (Wildman–Crippen LogP) is 0.714. The molecular weight excluding hydrogens is 304 g/mol. The highest BCUT2D eigenvalue weighted by Gasteiger charge is 2.18. The Labute approximate surface area is 122 Å². The summed E-state index contributed by atoms with van der Waals surface area (Å²) in [5, 5.41) is 0. The highest BCUT2D eigenvalue weighted by Crippen LogP contribution is 2.20. The molecule has 0 fully saturated rings. The Morgan fingerprint density at radius 3 is 2.38 bits per heavy atom. The molecule has 0 aliphatic heterocycles. The molecule has 1 amide bonds. The lowest BCUT2D eigenvalue weighted by atomic mass is 10.2. The molecule has 0 aliphatic rings. The molecule has 1 N–H and O–H groups in total. The molecule has 1 aromatic carbocycles. The summed E-state index contributed by atoms with van der Waals surface area (Å²) in [7, 11) is -0.923. The summed E-state index contributed by atoms with van der Waals surface area (Å²) in [5.41, 5.74) is -0.104. The molecule has 9 heteroatoms. The number of amides is 1. The first-order valence-electron chi connectivity index (χ1n) is 6.05. The molecule has 1 aromatic rings. The summed E-state index contributed by atoms with van der Waals surface area (Å²) in [5.74, 6) is -2.13. The van der Waals surface area contributed by atoms with Crippen molar-refractivity contribution < 1.29 is 22.0 Å². The second-order valence-electron chi connectivity index (χ2n) is 4.45. The lowest BCUT2D eigenvalue weighted by Crippen LogP contribution is -2.42. The van der Waals surface area contributed by atoms with E-state index >= 15 is 0 Å². The van der Waals surface area contributed by atoms with Gasteiger partial charge in [-0.3, -0.25) is 4.79 Å². The van der Waals surface area contributed by atoms with Crippen LogP contribution in [0.4, 0.5) is 14.5 Å². The van der Waals surface area contributed by atoms with Crippen LogP contribution in [-0.2, 0) is 15.0 Å². The second-order valence-corrected chi connectivity index (χ2v) is 6.42. The molecule has 0 bridgehead atoms. The molecule has 0 saturated heterocycles. The van der Waals surface area contributed by atoms with E-state index in [2.05, 4.69) is 4.72 Å². The van der Waals surface area contributed by atoms with Gasteiger partial charge in [0.25, 0.3) is 10.2 Å². The van der Waals surface area contributed by atoms with Crippen molar-refractivity contribution in [2.24, 2.45) is 0 Å². The topological polar surface area (TPSA) is 69.7 Å². The van der Waals surface area contributed by atoms with Crippen molar-refractivity contribution in [3.8, 4) is 0 Å². The molecule has 0 radical (unpaired) electrons. The number of carbonyl (C=O) groups excluding carboxylic acids is 1. The van der Waals surface area contributed by atoms with E-state index in [0.717, 1.165) is 21.3 Å². The van der Waals surface area contributed by atoms with Crippen molar-refractivity contribution >= 4 is 21.8 Å². The maximum atomic E-state index is 13.7. The van der Waals surface area contributed by atoms with Gasteiger partial charge in [0.2, 0.25) is 5.91 Å². The largest absolute Gasteiger partial charge is 0.309 e. The summed E-state index contributed by atoms with van der Waals surface area (Å²) in [4.78, 5) is 12.6. The molecule has 6 nitrogen and oxygen atoms in total. The van der Waals surface area contributed by atoms with Crippen molar-refractivity contribution in [3.05, 3.63) is 29.8 Å². The van der Waals surface area contributed by atoms with E-state index in [1.165, 1.54) is 21.0 Å². The number of halogens is 2. The molecule has 1 rings (SSSR count). The normalized spacial score (nSPS) is 11.7. The van der Waals surface area contributed by atoms with Crippen molar-refractivity contribution in [1.29, 1.82) is 0 Å². The van der Waals surface area contributed by atoms with Gasteiger partial charge in [-0.15, -0.1) is 0 Å². The molecule has 0 aromatic heterocycles. The first-order valence-corrected chi connectivity index (χ1v) is 7.49. The number of rotatable bonds is 6. The van der Waals surface area contributed by atoms with Crippen LogP contribution >= 0.6 is 0 Å². The van der Waals surface area contributed by atoms with Crippen LogP contribution in [0.1, 0.15) is 6.92 Å². The van der Waals surface area contributed by atoms with Crippen LogP contribution in [0.5, 0.6) is 0 Å². The fraction of sp³-hybridized carbons (Fsp3) is 0.417. The van der Waals surface area contributed by atoms with Gasteiger partial charge < -0.3 is 4.90 Å². The van der Waals surface area contributed by atoms with E-state index < -0.39 is 27.8 Å². The highest BCUT2D eigenvalue weighted by atomic mass is 32.2. The van der Waals surface area contributed by atoms with Crippen molar-refractivity contribution in [3.63, 3.8) is 0 Å². The monoisotopic (exact) mass is 321 g/mol. The van der Waals surface area contributed by atoms with Crippen LogP contribution < -0.4 is 9.62 Å². The van der Waals surface area contributed by atoms with Gasteiger partial charge in [-0.25, -0.2) is 13.5 Å². The molecule has 0 spiro atoms. The maximum Gasteiger partial charge on any atom is 0.278 e. The molecule has 0 saturated carbocycles. The van der Waals surface area contributed by atoms with Crippen LogP contribution in [0.15, 0.2) is 18.2 Å². The molecular formula is C12H17F2N3O3S.